The highest BCUT2D eigenvalue weighted by atomic mass is 16.3. The molecule has 0 saturated heterocycles. The van der Waals surface area contributed by atoms with Crippen molar-refractivity contribution in [3.63, 3.8) is 0 Å². The van der Waals surface area contributed by atoms with Gasteiger partial charge in [-0.1, -0.05) is 43.7 Å². The molecule has 19 heavy (non-hydrogen) atoms. The first-order valence-electron chi connectivity index (χ1n) is 7.04. The van der Waals surface area contributed by atoms with Crippen LogP contribution in [0.25, 0.3) is 0 Å². The SMILES string of the molecule is CCC(O)CCNC(=O)C(C)Cc1ccc(C)cc1. The van der Waals surface area contributed by atoms with Gasteiger partial charge in [0, 0.05) is 12.5 Å². The Balaban J connectivity index is 2.34. The summed E-state index contributed by atoms with van der Waals surface area (Å²) in [5.74, 6) is 0.0188. The molecule has 0 heterocycles. The van der Waals surface area contributed by atoms with Crippen LogP contribution in [0.4, 0.5) is 0 Å². The summed E-state index contributed by atoms with van der Waals surface area (Å²) in [6.07, 6.45) is 1.80. The number of hydrogen-bond donors (Lipinski definition) is 2. The highest BCUT2D eigenvalue weighted by Crippen LogP contribution is 2.10. The van der Waals surface area contributed by atoms with Crippen LogP contribution >= 0.6 is 0 Å². The van der Waals surface area contributed by atoms with Crippen LogP contribution < -0.4 is 5.32 Å². The van der Waals surface area contributed by atoms with E-state index >= 15 is 0 Å². The number of rotatable bonds is 7. The molecule has 1 rings (SSSR count). The Morgan fingerprint density at radius 1 is 1.32 bits per heavy atom. The lowest BCUT2D eigenvalue weighted by Gasteiger charge is -2.13. The average molecular weight is 263 g/mol. The Kier molecular flexibility index (Phi) is 6.57. The Morgan fingerprint density at radius 3 is 2.53 bits per heavy atom. The van der Waals surface area contributed by atoms with E-state index in [4.69, 9.17) is 0 Å². The van der Waals surface area contributed by atoms with Crippen molar-refractivity contribution in [3.8, 4) is 0 Å². The Hall–Kier alpha value is -1.35. The topological polar surface area (TPSA) is 49.3 Å². The summed E-state index contributed by atoms with van der Waals surface area (Å²) in [5.41, 5.74) is 2.41. The zero-order valence-electron chi connectivity index (χ0n) is 12.1. The smallest absolute Gasteiger partial charge is 0.223 e. The maximum Gasteiger partial charge on any atom is 0.223 e. The lowest BCUT2D eigenvalue weighted by molar-refractivity contribution is -0.124. The number of carbonyl (C=O) groups excluding carboxylic acids is 1. The predicted octanol–water partition coefficient (Wildman–Crippen LogP) is 2.45. The molecule has 0 saturated carbocycles. The molecule has 0 aliphatic carbocycles. The number of nitrogens with one attached hydrogen (secondary N) is 1. The molecule has 3 heteroatoms. The Labute approximate surface area is 116 Å². The second kappa shape index (κ2) is 7.95. The minimum absolute atomic E-state index is 0.0403. The summed E-state index contributed by atoms with van der Waals surface area (Å²) in [5, 5.41) is 12.3. The van der Waals surface area contributed by atoms with Crippen LogP contribution in [-0.2, 0) is 11.2 Å². The molecule has 2 atom stereocenters. The predicted molar refractivity (Wildman–Crippen MR) is 78.0 cm³/mol. The van der Waals surface area contributed by atoms with Gasteiger partial charge in [0.25, 0.3) is 0 Å². The van der Waals surface area contributed by atoms with Crippen molar-refractivity contribution in [2.24, 2.45) is 5.92 Å². The van der Waals surface area contributed by atoms with Crippen LogP contribution in [0.3, 0.4) is 0 Å². The van der Waals surface area contributed by atoms with Crippen LogP contribution in [-0.4, -0.2) is 23.7 Å². The standard InChI is InChI=1S/C16H25NO2/c1-4-15(18)9-10-17-16(19)13(3)11-14-7-5-12(2)6-8-14/h5-8,13,15,18H,4,9-11H2,1-3H3,(H,17,19). The molecule has 0 bridgehead atoms. The number of carbonyl (C=O) groups is 1. The molecule has 106 valence electrons. The number of aliphatic hydroxyl groups is 1. The molecule has 0 spiro atoms. The maximum atomic E-state index is 11.9. The zero-order valence-corrected chi connectivity index (χ0v) is 12.1. The molecule has 1 amide bonds. The molecule has 0 fully saturated rings. The fourth-order valence-electron chi connectivity index (χ4n) is 1.91. The van der Waals surface area contributed by atoms with E-state index in [9.17, 15) is 9.90 Å². The van der Waals surface area contributed by atoms with E-state index in [0.29, 0.717) is 13.0 Å². The fraction of sp³-hybridized carbons (Fsp3) is 0.562. The Morgan fingerprint density at radius 2 is 1.95 bits per heavy atom. The van der Waals surface area contributed by atoms with Gasteiger partial charge in [0.2, 0.25) is 5.91 Å². The van der Waals surface area contributed by atoms with Crippen molar-refractivity contribution in [2.75, 3.05) is 6.54 Å². The summed E-state index contributed by atoms with van der Waals surface area (Å²) in [6.45, 7) is 6.48. The van der Waals surface area contributed by atoms with Crippen molar-refractivity contribution < 1.29 is 9.90 Å². The van der Waals surface area contributed by atoms with E-state index in [1.165, 1.54) is 11.1 Å². The van der Waals surface area contributed by atoms with Gasteiger partial charge in [-0.05, 0) is 31.7 Å². The third-order valence-corrected chi connectivity index (χ3v) is 3.36. The largest absolute Gasteiger partial charge is 0.393 e. The number of benzene rings is 1. The normalized spacial score (nSPS) is 13.9. The summed E-state index contributed by atoms with van der Waals surface area (Å²) in [7, 11) is 0. The van der Waals surface area contributed by atoms with Crippen molar-refractivity contribution in [1.82, 2.24) is 5.32 Å². The fourth-order valence-corrected chi connectivity index (χ4v) is 1.91. The van der Waals surface area contributed by atoms with Gasteiger partial charge in [-0.25, -0.2) is 0 Å². The third-order valence-electron chi connectivity index (χ3n) is 3.36. The van der Waals surface area contributed by atoms with Crippen LogP contribution in [0.2, 0.25) is 0 Å². The molecule has 2 unspecified atom stereocenters. The maximum absolute atomic E-state index is 11.9. The van der Waals surface area contributed by atoms with E-state index in [0.717, 1.165) is 12.8 Å². The number of aliphatic hydroxyl groups excluding tert-OH is 1. The second-order valence-electron chi connectivity index (χ2n) is 5.23. The quantitative estimate of drug-likeness (QED) is 0.794. The molecule has 3 nitrogen and oxygen atoms in total. The van der Waals surface area contributed by atoms with Gasteiger partial charge in [-0.3, -0.25) is 4.79 Å². The number of amides is 1. The second-order valence-corrected chi connectivity index (χ2v) is 5.23. The third kappa shape index (κ3) is 5.88. The van der Waals surface area contributed by atoms with Crippen molar-refractivity contribution in [1.29, 1.82) is 0 Å². The lowest BCUT2D eigenvalue weighted by atomic mass is 9.99. The van der Waals surface area contributed by atoms with Gasteiger partial charge in [0.1, 0.15) is 0 Å². The average Bonchev–Trinajstić information content (AvgIpc) is 2.40. The molecule has 2 N–H and O–H groups in total. The van der Waals surface area contributed by atoms with Crippen LogP contribution in [0.1, 0.15) is 37.8 Å². The van der Waals surface area contributed by atoms with E-state index in [1.807, 2.05) is 13.8 Å². The van der Waals surface area contributed by atoms with Gasteiger partial charge in [0.15, 0.2) is 0 Å². The summed E-state index contributed by atoms with van der Waals surface area (Å²) in [6, 6.07) is 8.27. The minimum Gasteiger partial charge on any atom is -0.393 e. The van der Waals surface area contributed by atoms with E-state index in [-0.39, 0.29) is 17.9 Å². The number of hydrogen-bond acceptors (Lipinski definition) is 2. The van der Waals surface area contributed by atoms with Gasteiger partial charge in [-0.2, -0.15) is 0 Å². The molecule has 1 aromatic rings. The molecule has 1 aromatic carbocycles. The van der Waals surface area contributed by atoms with Crippen molar-refractivity contribution in [3.05, 3.63) is 35.4 Å². The van der Waals surface area contributed by atoms with Crippen molar-refractivity contribution in [2.45, 2.75) is 46.1 Å². The summed E-state index contributed by atoms with van der Waals surface area (Å²) >= 11 is 0. The molecular formula is C16H25NO2. The highest BCUT2D eigenvalue weighted by molar-refractivity contribution is 5.78. The first-order chi connectivity index (χ1) is 9.02. The van der Waals surface area contributed by atoms with E-state index in [1.54, 1.807) is 0 Å². The van der Waals surface area contributed by atoms with Gasteiger partial charge in [-0.15, -0.1) is 0 Å². The first-order valence-corrected chi connectivity index (χ1v) is 7.04. The molecule has 0 aliphatic heterocycles. The molecular weight excluding hydrogens is 238 g/mol. The van der Waals surface area contributed by atoms with E-state index < -0.39 is 0 Å². The van der Waals surface area contributed by atoms with Gasteiger partial charge in [0.05, 0.1) is 6.10 Å². The first kappa shape index (κ1) is 15.7. The lowest BCUT2D eigenvalue weighted by Crippen LogP contribution is -2.32. The number of aryl methyl sites for hydroxylation is 1. The highest BCUT2D eigenvalue weighted by Gasteiger charge is 2.13. The van der Waals surface area contributed by atoms with Crippen LogP contribution in [0.5, 0.6) is 0 Å². The molecule has 0 aromatic heterocycles. The summed E-state index contributed by atoms with van der Waals surface area (Å²) in [4.78, 5) is 11.9. The molecule has 0 aliphatic rings. The summed E-state index contributed by atoms with van der Waals surface area (Å²) < 4.78 is 0. The van der Waals surface area contributed by atoms with Crippen molar-refractivity contribution >= 4 is 5.91 Å². The van der Waals surface area contributed by atoms with Gasteiger partial charge >= 0.3 is 0 Å². The minimum atomic E-state index is -0.312. The molecule has 0 radical (unpaired) electrons. The van der Waals surface area contributed by atoms with Gasteiger partial charge < -0.3 is 10.4 Å². The Bertz CT molecular complexity index is 386. The zero-order chi connectivity index (χ0) is 14.3. The van der Waals surface area contributed by atoms with E-state index in [2.05, 4.69) is 36.5 Å². The van der Waals surface area contributed by atoms with Crippen LogP contribution in [0.15, 0.2) is 24.3 Å². The van der Waals surface area contributed by atoms with Crippen LogP contribution in [0, 0.1) is 12.8 Å². The monoisotopic (exact) mass is 263 g/mol.